The summed E-state index contributed by atoms with van der Waals surface area (Å²) >= 11 is 0. The summed E-state index contributed by atoms with van der Waals surface area (Å²) < 4.78 is 5.83. The van der Waals surface area contributed by atoms with Gasteiger partial charge in [-0.05, 0) is 53.9 Å². The van der Waals surface area contributed by atoms with E-state index in [0.717, 1.165) is 12.0 Å². The molecule has 4 rings (SSSR count). The van der Waals surface area contributed by atoms with E-state index in [1.54, 1.807) is 36.4 Å². The van der Waals surface area contributed by atoms with Crippen LogP contribution in [0.3, 0.4) is 0 Å². The van der Waals surface area contributed by atoms with Crippen LogP contribution in [0.15, 0.2) is 78.9 Å². The van der Waals surface area contributed by atoms with Crippen molar-refractivity contribution in [3.8, 4) is 0 Å². The highest BCUT2D eigenvalue weighted by Gasteiger charge is 2.21. The smallest absolute Gasteiger partial charge is 0.255 e. The molecule has 2 N–H and O–H groups in total. The normalized spacial score (nSPS) is 15.2. The van der Waals surface area contributed by atoms with Crippen molar-refractivity contribution >= 4 is 17.5 Å². The Hall–Kier alpha value is -3.44. The molecule has 1 aliphatic heterocycles. The maximum absolute atomic E-state index is 12.5. The SMILES string of the molecule is O=C(NC[C@H]1OCCc2ccccc21)c1ccc(NC(=O)c2ccccc2)cc1. The predicted molar refractivity (Wildman–Crippen MR) is 112 cm³/mol. The second-order valence-corrected chi connectivity index (χ2v) is 6.92. The van der Waals surface area contributed by atoms with E-state index in [2.05, 4.69) is 22.8 Å². The monoisotopic (exact) mass is 386 g/mol. The van der Waals surface area contributed by atoms with E-state index in [1.807, 2.05) is 30.3 Å². The Morgan fingerprint density at radius 1 is 0.828 bits per heavy atom. The Bertz CT molecular complexity index is 1000. The molecule has 0 unspecified atom stereocenters. The van der Waals surface area contributed by atoms with Crippen molar-refractivity contribution in [2.75, 3.05) is 18.5 Å². The number of amides is 2. The summed E-state index contributed by atoms with van der Waals surface area (Å²) in [4.78, 5) is 24.7. The molecule has 0 fully saturated rings. The standard InChI is InChI=1S/C24H22N2O3/c27-23(25-16-22-21-9-5-4-6-17(21)14-15-29-22)19-10-12-20(13-11-19)26-24(28)18-7-2-1-3-8-18/h1-13,22H,14-16H2,(H,25,27)(H,26,28)/t22-/m1/s1. The van der Waals surface area contributed by atoms with Crippen LogP contribution in [-0.4, -0.2) is 25.0 Å². The van der Waals surface area contributed by atoms with Crippen LogP contribution in [0.1, 0.15) is 37.9 Å². The Morgan fingerprint density at radius 3 is 2.31 bits per heavy atom. The summed E-state index contributed by atoms with van der Waals surface area (Å²) in [6.07, 6.45) is 0.768. The minimum atomic E-state index is -0.184. The Balaban J connectivity index is 1.35. The third-order valence-corrected chi connectivity index (χ3v) is 4.98. The number of hydrogen-bond acceptors (Lipinski definition) is 3. The molecule has 146 valence electrons. The van der Waals surface area contributed by atoms with Crippen LogP contribution < -0.4 is 10.6 Å². The lowest BCUT2D eigenvalue weighted by molar-refractivity contribution is 0.0411. The highest BCUT2D eigenvalue weighted by molar-refractivity contribution is 6.04. The molecule has 0 saturated carbocycles. The molecular weight excluding hydrogens is 364 g/mol. The average Bonchev–Trinajstić information content (AvgIpc) is 2.78. The van der Waals surface area contributed by atoms with Gasteiger partial charge in [-0.25, -0.2) is 0 Å². The molecule has 0 spiro atoms. The summed E-state index contributed by atoms with van der Waals surface area (Å²) in [7, 11) is 0. The molecule has 1 aliphatic rings. The van der Waals surface area contributed by atoms with Gasteiger partial charge in [0.1, 0.15) is 6.10 Å². The molecule has 0 radical (unpaired) electrons. The van der Waals surface area contributed by atoms with Crippen LogP contribution in [0, 0.1) is 0 Å². The van der Waals surface area contributed by atoms with E-state index < -0.39 is 0 Å². The number of fused-ring (bicyclic) bond motifs is 1. The van der Waals surface area contributed by atoms with Crippen molar-refractivity contribution < 1.29 is 14.3 Å². The average molecular weight is 386 g/mol. The zero-order chi connectivity index (χ0) is 20.1. The number of hydrogen-bond donors (Lipinski definition) is 2. The zero-order valence-electron chi connectivity index (χ0n) is 15.9. The minimum Gasteiger partial charge on any atom is -0.371 e. The highest BCUT2D eigenvalue weighted by Crippen LogP contribution is 2.26. The lowest BCUT2D eigenvalue weighted by atomic mass is 9.97. The third-order valence-electron chi connectivity index (χ3n) is 4.98. The topological polar surface area (TPSA) is 67.4 Å². The first kappa shape index (κ1) is 18.9. The number of carbonyl (C=O) groups excluding carboxylic acids is 2. The van der Waals surface area contributed by atoms with Gasteiger partial charge >= 0.3 is 0 Å². The Labute approximate surface area is 169 Å². The Morgan fingerprint density at radius 2 is 1.52 bits per heavy atom. The fourth-order valence-corrected chi connectivity index (χ4v) is 3.43. The fourth-order valence-electron chi connectivity index (χ4n) is 3.43. The molecule has 5 heteroatoms. The lowest BCUT2D eigenvalue weighted by Gasteiger charge is -2.26. The van der Waals surface area contributed by atoms with Gasteiger partial charge in [-0.1, -0.05) is 42.5 Å². The number of carbonyl (C=O) groups is 2. The van der Waals surface area contributed by atoms with Gasteiger partial charge in [0.05, 0.1) is 6.61 Å². The third kappa shape index (κ3) is 4.52. The van der Waals surface area contributed by atoms with Crippen LogP contribution >= 0.6 is 0 Å². The van der Waals surface area contributed by atoms with Crippen LogP contribution in [-0.2, 0) is 11.2 Å². The number of benzene rings is 3. The summed E-state index contributed by atoms with van der Waals surface area (Å²) in [5.74, 6) is -0.353. The number of rotatable bonds is 5. The summed E-state index contributed by atoms with van der Waals surface area (Å²) in [6.45, 7) is 1.08. The molecule has 1 heterocycles. The Kier molecular flexibility index (Phi) is 5.68. The molecule has 29 heavy (non-hydrogen) atoms. The van der Waals surface area contributed by atoms with Crippen molar-refractivity contribution in [1.82, 2.24) is 5.32 Å². The molecule has 5 nitrogen and oxygen atoms in total. The van der Waals surface area contributed by atoms with E-state index in [-0.39, 0.29) is 17.9 Å². The summed E-state index contributed by atoms with van der Waals surface area (Å²) in [5.41, 5.74) is 4.17. The quantitative estimate of drug-likeness (QED) is 0.697. The zero-order valence-corrected chi connectivity index (χ0v) is 15.9. The van der Waals surface area contributed by atoms with E-state index in [9.17, 15) is 9.59 Å². The maximum Gasteiger partial charge on any atom is 0.255 e. The number of anilines is 1. The highest BCUT2D eigenvalue weighted by atomic mass is 16.5. The van der Waals surface area contributed by atoms with Gasteiger partial charge in [-0.15, -0.1) is 0 Å². The molecular formula is C24H22N2O3. The predicted octanol–water partition coefficient (Wildman–Crippen LogP) is 3.98. The summed E-state index contributed by atoms with van der Waals surface area (Å²) in [5, 5.41) is 5.77. The van der Waals surface area contributed by atoms with Crippen LogP contribution in [0.4, 0.5) is 5.69 Å². The first-order valence-corrected chi connectivity index (χ1v) is 9.65. The second kappa shape index (κ2) is 8.71. The minimum absolute atomic E-state index is 0.131. The molecule has 2 amide bonds. The van der Waals surface area contributed by atoms with Gasteiger partial charge in [0.25, 0.3) is 11.8 Å². The second-order valence-electron chi connectivity index (χ2n) is 6.92. The van der Waals surface area contributed by atoms with Crippen molar-refractivity contribution in [2.24, 2.45) is 0 Å². The number of nitrogens with one attached hydrogen (secondary N) is 2. The van der Waals surface area contributed by atoms with E-state index >= 15 is 0 Å². The van der Waals surface area contributed by atoms with Gasteiger partial charge in [-0.3, -0.25) is 9.59 Å². The molecule has 0 aliphatic carbocycles. The molecule has 3 aromatic rings. The van der Waals surface area contributed by atoms with Gasteiger partial charge in [0.15, 0.2) is 0 Å². The first-order chi connectivity index (χ1) is 14.2. The molecule has 3 aromatic carbocycles. The first-order valence-electron chi connectivity index (χ1n) is 9.65. The summed E-state index contributed by atoms with van der Waals surface area (Å²) in [6, 6.07) is 24.0. The van der Waals surface area contributed by atoms with Crippen molar-refractivity contribution in [2.45, 2.75) is 12.5 Å². The van der Waals surface area contributed by atoms with E-state index in [1.165, 1.54) is 5.56 Å². The van der Waals surface area contributed by atoms with Gasteiger partial charge in [0.2, 0.25) is 0 Å². The van der Waals surface area contributed by atoms with Crippen molar-refractivity contribution in [1.29, 1.82) is 0 Å². The maximum atomic E-state index is 12.5. The largest absolute Gasteiger partial charge is 0.371 e. The van der Waals surface area contributed by atoms with Crippen molar-refractivity contribution in [3.05, 3.63) is 101 Å². The van der Waals surface area contributed by atoms with Crippen LogP contribution in [0.2, 0.25) is 0 Å². The van der Waals surface area contributed by atoms with Gasteiger partial charge in [0, 0.05) is 23.4 Å². The van der Waals surface area contributed by atoms with Crippen molar-refractivity contribution in [3.63, 3.8) is 0 Å². The fraction of sp³-hybridized carbons (Fsp3) is 0.167. The van der Waals surface area contributed by atoms with E-state index in [0.29, 0.717) is 30.0 Å². The van der Waals surface area contributed by atoms with Gasteiger partial charge < -0.3 is 15.4 Å². The molecule has 1 atom stereocenters. The van der Waals surface area contributed by atoms with Crippen LogP contribution in [0.5, 0.6) is 0 Å². The lowest BCUT2D eigenvalue weighted by Crippen LogP contribution is -2.31. The van der Waals surface area contributed by atoms with Crippen LogP contribution in [0.25, 0.3) is 0 Å². The van der Waals surface area contributed by atoms with Gasteiger partial charge in [-0.2, -0.15) is 0 Å². The molecule has 0 aromatic heterocycles. The number of ether oxygens (including phenoxy) is 1. The van der Waals surface area contributed by atoms with E-state index in [4.69, 9.17) is 4.74 Å². The molecule has 0 saturated heterocycles. The molecule has 0 bridgehead atoms.